The molecular formula is C45H40Cl2O4. The zero-order valence-electron chi connectivity index (χ0n) is 28.1. The largest absolute Gasteiger partial charge is 0.508 e. The second kappa shape index (κ2) is 18.5. The number of benzene rings is 6. The number of allylic oxidation sites excluding steroid dienone is 2. The van der Waals surface area contributed by atoms with E-state index in [4.69, 9.17) is 23.2 Å². The lowest BCUT2D eigenvalue weighted by molar-refractivity contribution is 0.474. The van der Waals surface area contributed by atoms with E-state index in [1.54, 1.807) is 48.5 Å². The summed E-state index contributed by atoms with van der Waals surface area (Å²) in [5.41, 5.74) is 10.7. The smallest absolute Gasteiger partial charge is 0.115 e. The van der Waals surface area contributed by atoms with Gasteiger partial charge in [0.25, 0.3) is 0 Å². The Morgan fingerprint density at radius 2 is 0.627 bits per heavy atom. The minimum atomic E-state index is 0.229. The summed E-state index contributed by atoms with van der Waals surface area (Å²) in [7, 11) is 0. The molecule has 4 N–H and O–H groups in total. The van der Waals surface area contributed by atoms with E-state index >= 15 is 0 Å². The average molecular weight is 716 g/mol. The summed E-state index contributed by atoms with van der Waals surface area (Å²) in [6.07, 6.45) is 2.42. The summed E-state index contributed by atoms with van der Waals surface area (Å²) in [6, 6.07) is 49.2. The fourth-order valence-electron chi connectivity index (χ4n) is 5.99. The third-order valence-electron chi connectivity index (χ3n) is 8.38. The van der Waals surface area contributed by atoms with Crippen molar-refractivity contribution < 1.29 is 20.4 Å². The Balaban J connectivity index is 0.000000198. The number of hydrogen-bond donors (Lipinski definition) is 4. The van der Waals surface area contributed by atoms with Crippen molar-refractivity contribution in [1.29, 1.82) is 0 Å². The Morgan fingerprint density at radius 1 is 0.333 bits per heavy atom. The molecule has 0 fully saturated rings. The predicted octanol–water partition coefficient (Wildman–Crippen LogP) is 11.8. The van der Waals surface area contributed by atoms with Crippen LogP contribution in [-0.4, -0.2) is 32.2 Å². The molecule has 0 aliphatic carbocycles. The number of rotatable bonds is 11. The van der Waals surface area contributed by atoms with Crippen molar-refractivity contribution in [3.63, 3.8) is 0 Å². The highest BCUT2D eigenvalue weighted by Crippen LogP contribution is 2.37. The molecule has 0 saturated heterocycles. The lowest BCUT2D eigenvalue weighted by atomic mass is 9.87. The van der Waals surface area contributed by atoms with Gasteiger partial charge in [-0.1, -0.05) is 109 Å². The van der Waals surface area contributed by atoms with Crippen molar-refractivity contribution in [3.8, 4) is 23.0 Å². The van der Waals surface area contributed by atoms with E-state index in [0.29, 0.717) is 18.2 Å². The van der Waals surface area contributed by atoms with Crippen molar-refractivity contribution in [2.75, 3.05) is 11.8 Å². The molecule has 0 unspecified atom stereocenters. The first kappa shape index (κ1) is 36.9. The number of phenolic OH excluding ortho intramolecular Hbond substituents is 4. The molecule has 4 nitrogen and oxygen atoms in total. The molecule has 0 aliphatic heterocycles. The zero-order chi connectivity index (χ0) is 36.0. The zero-order valence-corrected chi connectivity index (χ0v) is 29.6. The van der Waals surface area contributed by atoms with E-state index in [9.17, 15) is 20.4 Å². The van der Waals surface area contributed by atoms with Gasteiger partial charge in [0, 0.05) is 11.8 Å². The van der Waals surface area contributed by atoms with Crippen LogP contribution < -0.4 is 0 Å². The quantitative estimate of drug-likeness (QED) is 0.0795. The van der Waals surface area contributed by atoms with Crippen LogP contribution in [0.25, 0.3) is 22.3 Å². The van der Waals surface area contributed by atoms with Crippen LogP contribution in [-0.2, 0) is 0 Å². The van der Waals surface area contributed by atoms with E-state index in [1.165, 1.54) is 5.57 Å². The molecule has 0 spiro atoms. The normalized spacial score (nSPS) is 10.5. The van der Waals surface area contributed by atoms with E-state index in [1.807, 2.05) is 84.9 Å². The van der Waals surface area contributed by atoms with Crippen LogP contribution in [0.2, 0.25) is 0 Å². The van der Waals surface area contributed by atoms with Gasteiger partial charge in [-0.05, 0) is 123 Å². The maximum atomic E-state index is 9.68. The number of aromatic hydroxyl groups is 4. The monoisotopic (exact) mass is 714 g/mol. The first-order valence-corrected chi connectivity index (χ1v) is 17.8. The van der Waals surface area contributed by atoms with Crippen LogP contribution in [0.3, 0.4) is 0 Å². The highest BCUT2D eigenvalue weighted by molar-refractivity contribution is 6.19. The first-order chi connectivity index (χ1) is 24.9. The SMILES string of the molecule is Oc1ccc(C(=C(CCCCl)c2ccccc2)c2ccc(O)cc2)cc1.Oc1ccc(C(=C(CCCl)c2ccccc2)c2ccc(O)cc2)cc1. The Hall–Kier alpha value is -5.42. The maximum Gasteiger partial charge on any atom is 0.115 e. The molecule has 6 aromatic rings. The predicted molar refractivity (Wildman–Crippen MR) is 212 cm³/mol. The number of alkyl halides is 2. The number of halogens is 2. The molecule has 0 saturated carbocycles. The highest BCUT2D eigenvalue weighted by Gasteiger charge is 2.16. The van der Waals surface area contributed by atoms with Gasteiger partial charge in [0.1, 0.15) is 23.0 Å². The third-order valence-corrected chi connectivity index (χ3v) is 8.83. The van der Waals surface area contributed by atoms with E-state index in [2.05, 4.69) is 24.3 Å². The van der Waals surface area contributed by atoms with Crippen LogP contribution in [0.4, 0.5) is 0 Å². The molecule has 51 heavy (non-hydrogen) atoms. The van der Waals surface area contributed by atoms with Crippen molar-refractivity contribution >= 4 is 45.5 Å². The Bertz CT molecular complexity index is 1930. The highest BCUT2D eigenvalue weighted by atomic mass is 35.5. The topological polar surface area (TPSA) is 80.9 Å². The van der Waals surface area contributed by atoms with Gasteiger partial charge >= 0.3 is 0 Å². The fourth-order valence-corrected chi connectivity index (χ4v) is 6.31. The molecule has 6 heteroatoms. The van der Waals surface area contributed by atoms with Crippen LogP contribution in [0.5, 0.6) is 23.0 Å². The number of hydrogen-bond acceptors (Lipinski definition) is 4. The van der Waals surface area contributed by atoms with Gasteiger partial charge in [-0.2, -0.15) is 0 Å². The summed E-state index contributed by atoms with van der Waals surface area (Å²) in [5, 5.41) is 38.6. The summed E-state index contributed by atoms with van der Waals surface area (Å²) in [4.78, 5) is 0. The second-order valence-electron chi connectivity index (χ2n) is 11.9. The molecule has 0 bridgehead atoms. The second-order valence-corrected chi connectivity index (χ2v) is 12.6. The molecule has 0 atom stereocenters. The van der Waals surface area contributed by atoms with E-state index < -0.39 is 0 Å². The van der Waals surface area contributed by atoms with E-state index in [-0.39, 0.29) is 23.0 Å². The lowest BCUT2D eigenvalue weighted by Gasteiger charge is -2.17. The Kier molecular flexibility index (Phi) is 13.4. The van der Waals surface area contributed by atoms with Gasteiger partial charge in [-0.25, -0.2) is 0 Å². The van der Waals surface area contributed by atoms with Crippen LogP contribution in [0.15, 0.2) is 158 Å². The van der Waals surface area contributed by atoms with Crippen molar-refractivity contribution in [1.82, 2.24) is 0 Å². The molecule has 0 amide bonds. The molecule has 258 valence electrons. The molecule has 0 aliphatic rings. The molecule has 6 rings (SSSR count). The van der Waals surface area contributed by atoms with Gasteiger partial charge in [-0.3, -0.25) is 0 Å². The van der Waals surface area contributed by atoms with Crippen LogP contribution in [0, 0.1) is 0 Å². The summed E-state index contributed by atoms with van der Waals surface area (Å²) < 4.78 is 0. The molecule has 0 aromatic heterocycles. The van der Waals surface area contributed by atoms with Gasteiger partial charge in [-0.15, -0.1) is 23.2 Å². The molecule has 0 heterocycles. The van der Waals surface area contributed by atoms with Gasteiger partial charge in [0.05, 0.1) is 0 Å². The molecular weight excluding hydrogens is 675 g/mol. The van der Waals surface area contributed by atoms with E-state index in [0.717, 1.165) is 62.9 Å². The van der Waals surface area contributed by atoms with Crippen LogP contribution >= 0.6 is 23.2 Å². The maximum absolute atomic E-state index is 9.68. The standard InChI is InChI=1S/C23H21ClO2.C22H19ClO2/c24-16-4-7-22(17-5-2-1-3-6-17)23(18-8-12-20(25)13-9-18)19-10-14-21(26)15-11-19;23-15-14-21(16-4-2-1-3-5-16)22(17-6-10-19(24)11-7-17)18-8-12-20(25)13-9-18/h1-3,5-6,8-15,25-26H,4,7,16H2;1-13,24-25H,14-15H2. The fraction of sp³-hybridized carbons (Fsp3) is 0.111. The van der Waals surface area contributed by atoms with Crippen molar-refractivity contribution in [2.45, 2.75) is 19.3 Å². The number of phenols is 4. The van der Waals surface area contributed by atoms with Gasteiger partial charge in [0.2, 0.25) is 0 Å². The Morgan fingerprint density at radius 3 is 0.902 bits per heavy atom. The summed E-state index contributed by atoms with van der Waals surface area (Å²) >= 11 is 12.1. The van der Waals surface area contributed by atoms with Crippen molar-refractivity contribution in [3.05, 3.63) is 191 Å². The summed E-state index contributed by atoms with van der Waals surface area (Å²) in [6.45, 7) is 0. The van der Waals surface area contributed by atoms with Crippen molar-refractivity contribution in [2.24, 2.45) is 0 Å². The third kappa shape index (κ3) is 10.1. The van der Waals surface area contributed by atoms with Gasteiger partial charge < -0.3 is 20.4 Å². The lowest BCUT2D eigenvalue weighted by Crippen LogP contribution is -1.96. The van der Waals surface area contributed by atoms with Gasteiger partial charge in [0.15, 0.2) is 0 Å². The molecule has 0 radical (unpaired) electrons. The molecule has 6 aromatic carbocycles. The minimum absolute atomic E-state index is 0.229. The Labute approximate surface area is 309 Å². The first-order valence-electron chi connectivity index (χ1n) is 16.7. The summed E-state index contributed by atoms with van der Waals surface area (Å²) in [5.74, 6) is 2.03. The van der Waals surface area contributed by atoms with Crippen LogP contribution in [0.1, 0.15) is 52.6 Å². The minimum Gasteiger partial charge on any atom is -0.508 e. The average Bonchev–Trinajstić information content (AvgIpc) is 3.16.